The monoisotopic (exact) mass is 354 g/mol. The van der Waals surface area contributed by atoms with Gasteiger partial charge in [-0.2, -0.15) is 0 Å². The highest BCUT2D eigenvalue weighted by Crippen LogP contribution is 2.58. The number of carbonyl (C=O) groups is 1. The van der Waals surface area contributed by atoms with Crippen molar-refractivity contribution < 1.29 is 4.79 Å². The highest BCUT2D eigenvalue weighted by Gasteiger charge is 2.61. The topological polar surface area (TPSA) is 32.3 Å². The number of urea groups is 1. The lowest BCUT2D eigenvalue weighted by molar-refractivity contribution is 0.203. The van der Waals surface area contributed by atoms with Crippen molar-refractivity contribution in [3.8, 4) is 0 Å². The van der Waals surface area contributed by atoms with Gasteiger partial charge in [-0.15, -0.1) is 0 Å². The van der Waals surface area contributed by atoms with E-state index in [2.05, 4.69) is 36.5 Å². The third kappa shape index (κ3) is 3.13. The summed E-state index contributed by atoms with van der Waals surface area (Å²) in [6.07, 6.45) is 1.96. The summed E-state index contributed by atoms with van der Waals surface area (Å²) >= 11 is 6.17. The molecule has 2 aliphatic rings. The third-order valence-electron chi connectivity index (χ3n) is 5.69. The number of rotatable bonds is 4. The molecule has 2 aromatic rings. The van der Waals surface area contributed by atoms with Crippen molar-refractivity contribution in [2.24, 2.45) is 5.92 Å². The number of amides is 2. The number of halogens is 1. The van der Waals surface area contributed by atoms with Crippen LogP contribution in [0.2, 0.25) is 5.02 Å². The fourth-order valence-electron chi connectivity index (χ4n) is 4.09. The third-order valence-corrected chi connectivity index (χ3v) is 6.06. The predicted molar refractivity (Wildman–Crippen MR) is 101 cm³/mol. The van der Waals surface area contributed by atoms with Crippen LogP contribution >= 0.6 is 11.6 Å². The molecule has 2 unspecified atom stereocenters. The van der Waals surface area contributed by atoms with Gasteiger partial charge >= 0.3 is 6.03 Å². The first kappa shape index (κ1) is 16.5. The lowest BCUT2D eigenvalue weighted by atomic mass is 9.94. The Morgan fingerprint density at radius 2 is 2.00 bits per heavy atom. The zero-order valence-corrected chi connectivity index (χ0v) is 15.2. The Bertz CT molecular complexity index is 789. The van der Waals surface area contributed by atoms with E-state index >= 15 is 0 Å². The largest absolute Gasteiger partial charge is 0.338 e. The summed E-state index contributed by atoms with van der Waals surface area (Å²) in [5.41, 5.74) is 3.94. The SMILES string of the molecule is Cc1ccc(C23CC2CN(C(=O)NCCc2ccccc2Cl)C3)cc1. The van der Waals surface area contributed by atoms with Gasteiger partial charge in [-0.05, 0) is 42.9 Å². The van der Waals surface area contributed by atoms with Crippen molar-refractivity contribution in [2.75, 3.05) is 19.6 Å². The van der Waals surface area contributed by atoms with Gasteiger partial charge < -0.3 is 10.2 Å². The van der Waals surface area contributed by atoms with Gasteiger partial charge in [0.05, 0.1) is 0 Å². The molecule has 1 saturated carbocycles. The zero-order chi connectivity index (χ0) is 17.4. The van der Waals surface area contributed by atoms with Crippen molar-refractivity contribution in [2.45, 2.75) is 25.2 Å². The number of benzene rings is 2. The first-order valence-corrected chi connectivity index (χ1v) is 9.30. The molecule has 0 bridgehead atoms. The van der Waals surface area contributed by atoms with Crippen LogP contribution in [0.15, 0.2) is 48.5 Å². The second-order valence-corrected chi connectivity index (χ2v) is 7.78. The normalized spacial score (nSPS) is 24.1. The standard InChI is InChI=1S/C21H23ClN2O/c1-15-6-8-17(9-7-15)21-12-18(21)13-24(14-21)20(25)23-11-10-16-4-2-3-5-19(16)22/h2-9,18H,10-14H2,1H3,(H,23,25). The molecule has 2 amide bonds. The number of fused-ring (bicyclic) bond motifs is 1. The molecule has 130 valence electrons. The highest BCUT2D eigenvalue weighted by molar-refractivity contribution is 6.31. The average Bonchev–Trinajstić information content (AvgIpc) is 3.18. The quantitative estimate of drug-likeness (QED) is 0.877. The van der Waals surface area contributed by atoms with Gasteiger partial charge in [0, 0.05) is 30.1 Å². The smallest absolute Gasteiger partial charge is 0.317 e. The van der Waals surface area contributed by atoms with Crippen LogP contribution in [0, 0.1) is 12.8 Å². The maximum atomic E-state index is 12.5. The Morgan fingerprint density at radius 3 is 2.76 bits per heavy atom. The number of hydrogen-bond acceptors (Lipinski definition) is 1. The molecule has 0 spiro atoms. The molecule has 1 saturated heterocycles. The fourth-order valence-corrected chi connectivity index (χ4v) is 4.32. The average molecular weight is 355 g/mol. The molecule has 25 heavy (non-hydrogen) atoms. The molecule has 0 radical (unpaired) electrons. The Kier molecular flexibility index (Phi) is 4.20. The fraction of sp³-hybridized carbons (Fsp3) is 0.381. The van der Waals surface area contributed by atoms with E-state index in [1.165, 1.54) is 17.5 Å². The van der Waals surface area contributed by atoms with E-state index in [0.717, 1.165) is 30.1 Å². The molecule has 1 N–H and O–H groups in total. The zero-order valence-electron chi connectivity index (χ0n) is 14.5. The molecule has 2 atom stereocenters. The molecule has 1 heterocycles. The van der Waals surface area contributed by atoms with Crippen LogP contribution in [0.4, 0.5) is 4.79 Å². The Labute approximate surface area is 154 Å². The molecule has 4 rings (SSSR count). The molecular formula is C21H23ClN2O. The van der Waals surface area contributed by atoms with Gasteiger partial charge in [-0.1, -0.05) is 59.6 Å². The van der Waals surface area contributed by atoms with Crippen molar-refractivity contribution in [1.82, 2.24) is 10.2 Å². The van der Waals surface area contributed by atoms with Gasteiger partial charge in [0.15, 0.2) is 0 Å². The Balaban J connectivity index is 1.32. The summed E-state index contributed by atoms with van der Waals surface area (Å²) in [5, 5.41) is 3.81. The number of likely N-dealkylation sites (tertiary alicyclic amines) is 1. The van der Waals surface area contributed by atoms with E-state index in [4.69, 9.17) is 11.6 Å². The summed E-state index contributed by atoms with van der Waals surface area (Å²) < 4.78 is 0. The first-order valence-electron chi connectivity index (χ1n) is 8.92. The van der Waals surface area contributed by atoms with Crippen LogP contribution in [0.3, 0.4) is 0 Å². The van der Waals surface area contributed by atoms with Crippen LogP contribution in [0.1, 0.15) is 23.1 Å². The molecule has 0 aromatic heterocycles. The lowest BCUT2D eigenvalue weighted by Crippen LogP contribution is -2.41. The van der Waals surface area contributed by atoms with E-state index in [-0.39, 0.29) is 11.4 Å². The lowest BCUT2D eigenvalue weighted by Gasteiger charge is -2.22. The molecule has 4 heteroatoms. The molecular weight excluding hydrogens is 332 g/mol. The number of aryl methyl sites for hydroxylation is 1. The van der Waals surface area contributed by atoms with Gasteiger partial charge in [-0.25, -0.2) is 4.79 Å². The van der Waals surface area contributed by atoms with E-state index in [0.29, 0.717) is 12.5 Å². The summed E-state index contributed by atoms with van der Waals surface area (Å²) in [5.74, 6) is 0.615. The molecule has 1 aliphatic carbocycles. The van der Waals surface area contributed by atoms with Crippen LogP contribution in [0.25, 0.3) is 0 Å². The van der Waals surface area contributed by atoms with Gasteiger partial charge in [-0.3, -0.25) is 0 Å². The van der Waals surface area contributed by atoms with Crippen LogP contribution in [-0.2, 0) is 11.8 Å². The summed E-state index contributed by atoms with van der Waals surface area (Å²) in [6, 6.07) is 16.6. The minimum atomic E-state index is 0.0470. The highest BCUT2D eigenvalue weighted by atomic mass is 35.5. The minimum absolute atomic E-state index is 0.0470. The maximum Gasteiger partial charge on any atom is 0.317 e. The van der Waals surface area contributed by atoms with Gasteiger partial charge in [0.25, 0.3) is 0 Å². The van der Waals surface area contributed by atoms with Crippen LogP contribution < -0.4 is 5.32 Å². The number of piperidine rings is 1. The number of hydrogen-bond donors (Lipinski definition) is 1. The maximum absolute atomic E-state index is 12.5. The molecule has 2 fully saturated rings. The number of nitrogens with zero attached hydrogens (tertiary/aromatic N) is 1. The summed E-state index contributed by atoms with van der Waals surface area (Å²) in [4.78, 5) is 14.5. The number of carbonyl (C=O) groups excluding carboxylic acids is 1. The van der Waals surface area contributed by atoms with Gasteiger partial charge in [0.1, 0.15) is 0 Å². The van der Waals surface area contributed by atoms with Crippen LogP contribution in [-0.4, -0.2) is 30.6 Å². The summed E-state index contributed by atoms with van der Waals surface area (Å²) in [7, 11) is 0. The Hall–Kier alpha value is -2.00. The second kappa shape index (κ2) is 6.38. The van der Waals surface area contributed by atoms with Gasteiger partial charge in [0.2, 0.25) is 0 Å². The van der Waals surface area contributed by atoms with E-state index < -0.39 is 0 Å². The van der Waals surface area contributed by atoms with Crippen molar-refractivity contribution >= 4 is 17.6 Å². The molecule has 1 aliphatic heterocycles. The van der Waals surface area contributed by atoms with Crippen molar-refractivity contribution in [3.63, 3.8) is 0 Å². The minimum Gasteiger partial charge on any atom is -0.338 e. The van der Waals surface area contributed by atoms with Crippen molar-refractivity contribution in [1.29, 1.82) is 0 Å². The number of nitrogens with one attached hydrogen (secondary N) is 1. The van der Waals surface area contributed by atoms with E-state index in [9.17, 15) is 4.79 Å². The van der Waals surface area contributed by atoms with E-state index in [1.807, 2.05) is 29.2 Å². The Morgan fingerprint density at radius 1 is 1.24 bits per heavy atom. The predicted octanol–water partition coefficient (Wildman–Crippen LogP) is 4.17. The second-order valence-electron chi connectivity index (χ2n) is 7.38. The first-order chi connectivity index (χ1) is 12.1. The van der Waals surface area contributed by atoms with E-state index in [1.54, 1.807) is 0 Å². The van der Waals surface area contributed by atoms with Crippen LogP contribution in [0.5, 0.6) is 0 Å². The summed E-state index contributed by atoms with van der Waals surface area (Å²) in [6.45, 7) is 4.42. The molecule has 2 aromatic carbocycles. The molecule has 3 nitrogen and oxygen atoms in total. The van der Waals surface area contributed by atoms with Crippen molar-refractivity contribution in [3.05, 3.63) is 70.2 Å².